The number of nitrogens with two attached hydrogens (primary N) is 1. The lowest BCUT2D eigenvalue weighted by Crippen LogP contribution is -2.05. The lowest BCUT2D eigenvalue weighted by molar-refractivity contribution is -0.115. The third-order valence-electron chi connectivity index (χ3n) is 2.76. The zero-order chi connectivity index (χ0) is 12.3. The minimum absolute atomic E-state index is 0.0328. The number of hydrogen-bond acceptors (Lipinski definition) is 3. The van der Waals surface area contributed by atoms with Crippen molar-refractivity contribution < 1.29 is 4.79 Å². The summed E-state index contributed by atoms with van der Waals surface area (Å²) in [7, 11) is 0. The van der Waals surface area contributed by atoms with E-state index in [1.807, 2.05) is 25.1 Å². The second kappa shape index (κ2) is 4.91. The average molecular weight is 231 g/mol. The van der Waals surface area contributed by atoms with Crippen LogP contribution in [-0.2, 0) is 11.2 Å². The number of carbonyl (C=O) groups excluding carboxylic acids is 1. The van der Waals surface area contributed by atoms with Crippen molar-refractivity contribution in [2.45, 2.75) is 19.8 Å². The molecule has 90 valence electrons. The molecule has 4 N–H and O–H groups in total. The van der Waals surface area contributed by atoms with Crippen LogP contribution in [0.25, 0.3) is 0 Å². The van der Waals surface area contributed by atoms with Gasteiger partial charge in [0.1, 0.15) is 0 Å². The van der Waals surface area contributed by atoms with E-state index in [1.165, 1.54) is 0 Å². The summed E-state index contributed by atoms with van der Waals surface area (Å²) in [6.45, 7) is 2.83. The van der Waals surface area contributed by atoms with E-state index in [4.69, 9.17) is 5.73 Å². The van der Waals surface area contributed by atoms with Crippen LogP contribution in [0.2, 0.25) is 0 Å². The molecule has 0 aromatic heterocycles. The topological polar surface area (TPSA) is 67.1 Å². The lowest BCUT2D eigenvalue weighted by Gasteiger charge is -2.10. The van der Waals surface area contributed by atoms with Crippen molar-refractivity contribution in [2.24, 2.45) is 0 Å². The van der Waals surface area contributed by atoms with Gasteiger partial charge >= 0.3 is 0 Å². The monoisotopic (exact) mass is 231 g/mol. The normalized spacial score (nSPS) is 13.8. The van der Waals surface area contributed by atoms with E-state index in [2.05, 4.69) is 16.7 Å². The van der Waals surface area contributed by atoms with E-state index in [-0.39, 0.29) is 5.91 Å². The van der Waals surface area contributed by atoms with Gasteiger partial charge in [-0.05, 0) is 31.0 Å². The van der Waals surface area contributed by atoms with Crippen molar-refractivity contribution in [1.82, 2.24) is 0 Å². The molecular formula is C13H17N3O. The highest BCUT2D eigenvalue weighted by atomic mass is 16.1. The van der Waals surface area contributed by atoms with Crippen LogP contribution in [0.5, 0.6) is 0 Å². The van der Waals surface area contributed by atoms with Crippen LogP contribution in [0.4, 0.5) is 17.1 Å². The maximum absolute atomic E-state index is 11.2. The second-order valence-electron chi connectivity index (χ2n) is 4.11. The van der Waals surface area contributed by atoms with Crippen LogP contribution in [0, 0.1) is 0 Å². The zero-order valence-corrected chi connectivity index (χ0v) is 9.92. The van der Waals surface area contributed by atoms with Crippen LogP contribution in [0.15, 0.2) is 24.3 Å². The molecule has 0 radical (unpaired) electrons. The summed E-state index contributed by atoms with van der Waals surface area (Å²) < 4.78 is 0. The molecule has 0 saturated carbocycles. The maximum Gasteiger partial charge on any atom is 0.228 e. The van der Waals surface area contributed by atoms with Crippen molar-refractivity contribution in [3.63, 3.8) is 0 Å². The predicted octanol–water partition coefficient (Wildman–Crippen LogP) is 2.14. The van der Waals surface area contributed by atoms with Gasteiger partial charge in [-0.15, -0.1) is 0 Å². The van der Waals surface area contributed by atoms with Gasteiger partial charge in [-0.1, -0.05) is 12.2 Å². The summed E-state index contributed by atoms with van der Waals surface area (Å²) in [5.41, 5.74) is 9.37. The summed E-state index contributed by atoms with van der Waals surface area (Å²) in [5, 5.41) is 6.08. The minimum Gasteiger partial charge on any atom is -0.397 e. The van der Waals surface area contributed by atoms with E-state index < -0.39 is 0 Å². The zero-order valence-electron chi connectivity index (χ0n) is 9.92. The summed E-state index contributed by atoms with van der Waals surface area (Å²) >= 11 is 0. The first kappa shape index (κ1) is 11.5. The van der Waals surface area contributed by atoms with Crippen molar-refractivity contribution in [3.05, 3.63) is 29.8 Å². The molecule has 17 heavy (non-hydrogen) atoms. The molecule has 1 amide bonds. The standard InChI is InChI=1S/C13H17N3O/c1-2-3-4-5-15-12-8-11-9(6-10(12)14)7-13(17)16-11/h2-3,6,8,15H,4-5,7,14H2,1H3,(H,16,17)/b3-2+. The van der Waals surface area contributed by atoms with Crippen LogP contribution >= 0.6 is 0 Å². The third kappa shape index (κ3) is 2.58. The molecule has 0 bridgehead atoms. The molecule has 1 aromatic rings. The lowest BCUT2D eigenvalue weighted by atomic mass is 10.1. The number of rotatable bonds is 4. The highest BCUT2D eigenvalue weighted by molar-refractivity contribution is 6.00. The molecule has 0 fully saturated rings. The molecule has 4 heteroatoms. The van der Waals surface area contributed by atoms with Gasteiger partial charge in [-0.3, -0.25) is 4.79 Å². The summed E-state index contributed by atoms with van der Waals surface area (Å²) in [5.74, 6) is 0.0328. The number of carbonyl (C=O) groups is 1. The van der Waals surface area contributed by atoms with Gasteiger partial charge in [0, 0.05) is 12.2 Å². The Morgan fingerprint density at radius 3 is 3.12 bits per heavy atom. The van der Waals surface area contributed by atoms with Crippen molar-refractivity contribution in [3.8, 4) is 0 Å². The van der Waals surface area contributed by atoms with Crippen molar-refractivity contribution in [2.75, 3.05) is 22.9 Å². The third-order valence-corrected chi connectivity index (χ3v) is 2.76. The predicted molar refractivity (Wildman–Crippen MR) is 71.1 cm³/mol. The SMILES string of the molecule is C/C=C/CCNc1cc2c(cc1N)CC(=O)N2. The summed E-state index contributed by atoms with van der Waals surface area (Å²) in [4.78, 5) is 11.2. The molecule has 1 aromatic carbocycles. The molecular weight excluding hydrogens is 214 g/mol. The number of benzene rings is 1. The molecule has 1 aliphatic heterocycles. The Bertz CT molecular complexity index is 466. The van der Waals surface area contributed by atoms with Gasteiger partial charge in [0.15, 0.2) is 0 Å². The number of nitrogen functional groups attached to an aromatic ring is 1. The van der Waals surface area contributed by atoms with Gasteiger partial charge in [-0.25, -0.2) is 0 Å². The molecule has 2 rings (SSSR count). The Balaban J connectivity index is 2.08. The Hall–Kier alpha value is -1.97. The Labute approximate surface area is 101 Å². The van der Waals surface area contributed by atoms with Crippen molar-refractivity contribution in [1.29, 1.82) is 0 Å². The molecule has 4 nitrogen and oxygen atoms in total. The number of fused-ring (bicyclic) bond motifs is 1. The molecule has 0 saturated heterocycles. The van der Waals surface area contributed by atoms with E-state index in [1.54, 1.807) is 0 Å². The fraction of sp³-hybridized carbons (Fsp3) is 0.308. The molecule has 0 spiro atoms. The molecule has 0 atom stereocenters. The van der Waals surface area contributed by atoms with Crippen LogP contribution in [0.3, 0.4) is 0 Å². The Morgan fingerprint density at radius 2 is 2.35 bits per heavy atom. The average Bonchev–Trinajstić information content (AvgIpc) is 2.63. The number of hydrogen-bond donors (Lipinski definition) is 3. The minimum atomic E-state index is 0.0328. The van der Waals surface area contributed by atoms with E-state index in [0.29, 0.717) is 12.1 Å². The number of amides is 1. The van der Waals surface area contributed by atoms with Gasteiger partial charge in [0.25, 0.3) is 0 Å². The number of anilines is 3. The Kier molecular flexibility index (Phi) is 3.32. The molecule has 0 unspecified atom stereocenters. The molecule has 1 heterocycles. The number of nitrogens with one attached hydrogen (secondary N) is 2. The highest BCUT2D eigenvalue weighted by Gasteiger charge is 2.18. The first-order chi connectivity index (χ1) is 8.20. The van der Waals surface area contributed by atoms with E-state index in [0.717, 1.165) is 29.9 Å². The fourth-order valence-electron chi connectivity index (χ4n) is 1.90. The van der Waals surface area contributed by atoms with Crippen LogP contribution < -0.4 is 16.4 Å². The van der Waals surface area contributed by atoms with Crippen LogP contribution in [-0.4, -0.2) is 12.5 Å². The quantitative estimate of drug-likeness (QED) is 0.422. The second-order valence-corrected chi connectivity index (χ2v) is 4.11. The molecule has 1 aliphatic rings. The summed E-state index contributed by atoms with van der Waals surface area (Å²) in [6.07, 6.45) is 5.50. The van der Waals surface area contributed by atoms with Gasteiger partial charge < -0.3 is 16.4 Å². The van der Waals surface area contributed by atoms with Crippen LogP contribution in [0.1, 0.15) is 18.9 Å². The van der Waals surface area contributed by atoms with E-state index in [9.17, 15) is 4.79 Å². The highest BCUT2D eigenvalue weighted by Crippen LogP contribution is 2.31. The first-order valence-corrected chi connectivity index (χ1v) is 5.78. The van der Waals surface area contributed by atoms with Crippen molar-refractivity contribution >= 4 is 23.0 Å². The smallest absolute Gasteiger partial charge is 0.228 e. The molecule has 0 aliphatic carbocycles. The largest absolute Gasteiger partial charge is 0.397 e. The maximum atomic E-state index is 11.2. The fourth-order valence-corrected chi connectivity index (χ4v) is 1.90. The van der Waals surface area contributed by atoms with Gasteiger partial charge in [-0.2, -0.15) is 0 Å². The number of allylic oxidation sites excluding steroid dienone is 1. The van der Waals surface area contributed by atoms with Gasteiger partial charge in [0.2, 0.25) is 5.91 Å². The Morgan fingerprint density at radius 1 is 1.53 bits per heavy atom. The van der Waals surface area contributed by atoms with Gasteiger partial charge in [0.05, 0.1) is 17.8 Å². The summed E-state index contributed by atoms with van der Waals surface area (Å²) in [6, 6.07) is 3.77. The van der Waals surface area contributed by atoms with E-state index >= 15 is 0 Å². The first-order valence-electron chi connectivity index (χ1n) is 5.78.